The van der Waals surface area contributed by atoms with Gasteiger partial charge in [-0.3, -0.25) is 4.79 Å². The largest absolute Gasteiger partial charge is 0.495 e. The zero-order chi connectivity index (χ0) is 14.8. The van der Waals surface area contributed by atoms with Crippen LogP contribution in [0.3, 0.4) is 0 Å². The van der Waals surface area contributed by atoms with Crippen molar-refractivity contribution in [3.63, 3.8) is 0 Å². The maximum Gasteiger partial charge on any atom is 0.239 e. The van der Waals surface area contributed by atoms with E-state index in [9.17, 15) is 4.79 Å². The SMILES string of the molecule is COc1ccc(NCC(=O)NC(C2CC2)C2CC2)cc1Cl. The van der Waals surface area contributed by atoms with Gasteiger partial charge in [0.05, 0.1) is 18.7 Å². The monoisotopic (exact) mass is 308 g/mol. The highest BCUT2D eigenvalue weighted by Crippen LogP contribution is 2.44. The first kappa shape index (κ1) is 14.5. The first-order valence-electron chi connectivity index (χ1n) is 7.54. The predicted molar refractivity (Wildman–Crippen MR) is 83.9 cm³/mol. The summed E-state index contributed by atoms with van der Waals surface area (Å²) >= 11 is 6.06. The maximum atomic E-state index is 12.1. The summed E-state index contributed by atoms with van der Waals surface area (Å²) in [7, 11) is 1.58. The average molecular weight is 309 g/mol. The molecule has 0 atom stereocenters. The van der Waals surface area contributed by atoms with E-state index < -0.39 is 0 Å². The number of benzene rings is 1. The molecule has 1 amide bonds. The molecule has 4 nitrogen and oxygen atoms in total. The molecule has 0 aliphatic heterocycles. The maximum absolute atomic E-state index is 12.1. The van der Waals surface area contributed by atoms with Crippen molar-refractivity contribution in [1.82, 2.24) is 5.32 Å². The number of carbonyl (C=O) groups excluding carboxylic acids is 1. The average Bonchev–Trinajstić information content (AvgIpc) is 3.36. The summed E-state index contributed by atoms with van der Waals surface area (Å²) in [6.45, 7) is 0.276. The van der Waals surface area contributed by atoms with Crippen molar-refractivity contribution in [2.45, 2.75) is 31.7 Å². The van der Waals surface area contributed by atoms with Gasteiger partial charge in [-0.05, 0) is 55.7 Å². The van der Waals surface area contributed by atoms with Gasteiger partial charge in [-0.2, -0.15) is 0 Å². The molecule has 1 aromatic rings. The zero-order valence-corrected chi connectivity index (χ0v) is 13.0. The van der Waals surface area contributed by atoms with E-state index >= 15 is 0 Å². The van der Waals surface area contributed by atoms with Crippen LogP contribution in [0.2, 0.25) is 5.02 Å². The fraction of sp³-hybridized carbons (Fsp3) is 0.562. The summed E-state index contributed by atoms with van der Waals surface area (Å²) in [5.74, 6) is 2.13. The minimum Gasteiger partial charge on any atom is -0.495 e. The van der Waals surface area contributed by atoms with Crippen LogP contribution in [0.25, 0.3) is 0 Å². The molecule has 2 aliphatic carbocycles. The molecule has 1 aromatic carbocycles. The molecule has 0 aromatic heterocycles. The van der Waals surface area contributed by atoms with Gasteiger partial charge in [0.25, 0.3) is 0 Å². The van der Waals surface area contributed by atoms with Crippen LogP contribution in [-0.4, -0.2) is 25.6 Å². The predicted octanol–water partition coefficient (Wildman–Crippen LogP) is 3.07. The topological polar surface area (TPSA) is 50.4 Å². The van der Waals surface area contributed by atoms with Crippen molar-refractivity contribution >= 4 is 23.2 Å². The lowest BCUT2D eigenvalue weighted by molar-refractivity contribution is -0.120. The van der Waals surface area contributed by atoms with E-state index in [1.54, 1.807) is 19.2 Å². The summed E-state index contributed by atoms with van der Waals surface area (Å²) in [6.07, 6.45) is 5.07. The van der Waals surface area contributed by atoms with Crippen LogP contribution < -0.4 is 15.4 Å². The van der Waals surface area contributed by atoms with E-state index in [2.05, 4.69) is 10.6 Å². The number of ether oxygens (including phenoxy) is 1. The third-order valence-corrected chi connectivity index (χ3v) is 4.49. The lowest BCUT2D eigenvalue weighted by Crippen LogP contribution is -2.41. The molecule has 0 heterocycles. The van der Waals surface area contributed by atoms with Crippen molar-refractivity contribution in [1.29, 1.82) is 0 Å². The normalized spacial score (nSPS) is 17.7. The van der Waals surface area contributed by atoms with Gasteiger partial charge >= 0.3 is 0 Å². The Bertz CT molecular complexity index is 515. The highest BCUT2D eigenvalue weighted by molar-refractivity contribution is 6.32. The van der Waals surface area contributed by atoms with E-state index in [1.165, 1.54) is 25.7 Å². The van der Waals surface area contributed by atoms with Gasteiger partial charge in [-0.1, -0.05) is 11.6 Å². The molecule has 0 saturated heterocycles. The van der Waals surface area contributed by atoms with Gasteiger partial charge in [0.15, 0.2) is 0 Å². The summed E-state index contributed by atoms with van der Waals surface area (Å²) in [4.78, 5) is 12.1. The van der Waals surface area contributed by atoms with Gasteiger partial charge in [-0.25, -0.2) is 0 Å². The Morgan fingerprint density at radius 2 is 2.00 bits per heavy atom. The van der Waals surface area contributed by atoms with Crippen LogP contribution in [0, 0.1) is 11.8 Å². The van der Waals surface area contributed by atoms with Crippen LogP contribution in [-0.2, 0) is 4.79 Å². The van der Waals surface area contributed by atoms with Crippen molar-refractivity contribution in [2.75, 3.05) is 19.0 Å². The highest BCUT2D eigenvalue weighted by atomic mass is 35.5. The Kier molecular flexibility index (Phi) is 4.24. The molecule has 0 spiro atoms. The summed E-state index contributed by atoms with van der Waals surface area (Å²) < 4.78 is 5.11. The van der Waals surface area contributed by atoms with Crippen molar-refractivity contribution in [2.24, 2.45) is 11.8 Å². The molecular formula is C16H21ClN2O2. The number of rotatable bonds is 7. The number of methoxy groups -OCH3 is 1. The fourth-order valence-corrected chi connectivity index (χ4v) is 2.98. The third-order valence-electron chi connectivity index (χ3n) is 4.19. The smallest absolute Gasteiger partial charge is 0.239 e. The van der Waals surface area contributed by atoms with Crippen LogP contribution in [0.5, 0.6) is 5.75 Å². The first-order chi connectivity index (χ1) is 10.2. The molecule has 21 heavy (non-hydrogen) atoms. The van der Waals surface area contributed by atoms with Gasteiger partial charge in [0.2, 0.25) is 5.91 Å². The minimum absolute atomic E-state index is 0.0609. The molecule has 0 unspecified atom stereocenters. The van der Waals surface area contributed by atoms with Gasteiger partial charge in [0.1, 0.15) is 5.75 Å². The molecular weight excluding hydrogens is 288 g/mol. The molecule has 0 bridgehead atoms. The molecule has 3 rings (SSSR count). The van der Waals surface area contributed by atoms with Crippen LogP contribution in [0.15, 0.2) is 18.2 Å². The van der Waals surface area contributed by atoms with Crippen LogP contribution >= 0.6 is 11.6 Å². The first-order valence-corrected chi connectivity index (χ1v) is 7.92. The van der Waals surface area contributed by atoms with Crippen LogP contribution in [0.1, 0.15) is 25.7 Å². The second-order valence-electron chi connectivity index (χ2n) is 5.97. The summed E-state index contributed by atoms with van der Waals surface area (Å²) in [6, 6.07) is 5.82. The Morgan fingerprint density at radius 3 is 2.52 bits per heavy atom. The van der Waals surface area contributed by atoms with Crippen molar-refractivity contribution in [3.05, 3.63) is 23.2 Å². The van der Waals surface area contributed by atoms with Crippen molar-refractivity contribution < 1.29 is 9.53 Å². The summed E-state index contributed by atoms with van der Waals surface area (Å²) in [5, 5.41) is 6.84. The molecule has 0 radical (unpaired) electrons. The number of carbonyl (C=O) groups is 1. The Balaban J connectivity index is 1.49. The van der Waals surface area contributed by atoms with E-state index in [4.69, 9.17) is 16.3 Å². The van der Waals surface area contributed by atoms with Crippen LogP contribution in [0.4, 0.5) is 5.69 Å². The molecule has 2 fully saturated rings. The van der Waals surface area contributed by atoms with Gasteiger partial charge in [0, 0.05) is 11.7 Å². The fourth-order valence-electron chi connectivity index (χ4n) is 2.73. The van der Waals surface area contributed by atoms with E-state index in [0.717, 1.165) is 17.5 Å². The van der Waals surface area contributed by atoms with Crippen molar-refractivity contribution in [3.8, 4) is 5.75 Å². The second-order valence-corrected chi connectivity index (χ2v) is 6.38. The number of anilines is 1. The van der Waals surface area contributed by atoms with E-state index in [0.29, 0.717) is 16.8 Å². The molecule has 2 N–H and O–H groups in total. The van der Waals surface area contributed by atoms with Gasteiger partial charge in [-0.15, -0.1) is 0 Å². The minimum atomic E-state index is 0.0609. The van der Waals surface area contributed by atoms with E-state index in [1.807, 2.05) is 6.07 Å². The molecule has 2 saturated carbocycles. The lowest BCUT2D eigenvalue weighted by atomic mass is 10.1. The second kappa shape index (κ2) is 6.14. The molecule has 2 aliphatic rings. The Morgan fingerprint density at radius 1 is 1.33 bits per heavy atom. The Hall–Kier alpha value is -1.42. The van der Waals surface area contributed by atoms with Gasteiger partial charge < -0.3 is 15.4 Å². The number of halogens is 1. The standard InChI is InChI=1S/C16H21ClN2O2/c1-21-14-7-6-12(8-13(14)17)18-9-15(20)19-16(10-2-3-10)11-4-5-11/h6-8,10-11,16,18H,2-5,9H2,1H3,(H,19,20). The highest BCUT2D eigenvalue weighted by Gasteiger charge is 2.42. The number of nitrogens with one attached hydrogen (secondary N) is 2. The number of amides is 1. The molecule has 114 valence electrons. The molecule has 5 heteroatoms. The van der Waals surface area contributed by atoms with E-state index in [-0.39, 0.29) is 12.5 Å². The lowest BCUT2D eigenvalue weighted by Gasteiger charge is -2.18. The summed E-state index contributed by atoms with van der Waals surface area (Å²) in [5.41, 5.74) is 0.824. The third kappa shape index (κ3) is 3.82. The zero-order valence-electron chi connectivity index (χ0n) is 12.2. The quantitative estimate of drug-likeness (QED) is 0.814. The number of hydrogen-bond acceptors (Lipinski definition) is 3. The number of hydrogen-bond donors (Lipinski definition) is 2. The Labute approximate surface area is 130 Å².